The lowest BCUT2D eigenvalue weighted by molar-refractivity contribution is 0.0356. The monoisotopic (exact) mass is 321 g/mol. The van der Waals surface area contributed by atoms with Gasteiger partial charge < -0.3 is 14.2 Å². The van der Waals surface area contributed by atoms with E-state index in [4.69, 9.17) is 14.2 Å². The second-order valence-corrected chi connectivity index (χ2v) is 5.36. The van der Waals surface area contributed by atoms with Crippen LogP contribution in [-0.2, 0) is 4.74 Å². The lowest BCUT2D eigenvalue weighted by atomic mass is 9.92. The maximum absolute atomic E-state index is 13.4. The summed E-state index contributed by atoms with van der Waals surface area (Å²) in [6, 6.07) is 4.24. The van der Waals surface area contributed by atoms with Crippen molar-refractivity contribution < 1.29 is 18.6 Å². The molecule has 23 heavy (non-hydrogen) atoms. The number of aliphatic imine (C=N–C) groups is 1. The molecule has 0 bridgehead atoms. The van der Waals surface area contributed by atoms with E-state index in [-0.39, 0.29) is 5.82 Å². The molecule has 0 aromatic heterocycles. The quantitative estimate of drug-likeness (QED) is 0.686. The zero-order chi connectivity index (χ0) is 16.7. The van der Waals surface area contributed by atoms with Crippen molar-refractivity contribution in [2.75, 3.05) is 20.3 Å². The van der Waals surface area contributed by atoms with Gasteiger partial charge in [0.25, 0.3) is 0 Å². The van der Waals surface area contributed by atoms with Crippen molar-refractivity contribution in [2.24, 2.45) is 4.99 Å². The number of halogens is 1. The van der Waals surface area contributed by atoms with Gasteiger partial charge in [0.1, 0.15) is 11.4 Å². The molecule has 1 heterocycles. The summed E-state index contributed by atoms with van der Waals surface area (Å²) in [6.07, 6.45) is 6.29. The van der Waals surface area contributed by atoms with E-state index >= 15 is 0 Å². The highest BCUT2D eigenvalue weighted by atomic mass is 19.1. The molecule has 126 valence electrons. The Morgan fingerprint density at radius 3 is 2.74 bits per heavy atom. The van der Waals surface area contributed by atoms with Gasteiger partial charge in [-0.05, 0) is 31.6 Å². The summed E-state index contributed by atoms with van der Waals surface area (Å²) in [5.41, 5.74) is 0.516. The van der Waals surface area contributed by atoms with E-state index in [1.165, 1.54) is 19.2 Å². The number of benzene rings is 1. The highest BCUT2D eigenvalue weighted by molar-refractivity contribution is 5.96. The van der Waals surface area contributed by atoms with Crippen LogP contribution in [-0.4, -0.2) is 31.6 Å². The average Bonchev–Trinajstić information content (AvgIpc) is 2.91. The van der Waals surface area contributed by atoms with Crippen LogP contribution in [0.2, 0.25) is 0 Å². The summed E-state index contributed by atoms with van der Waals surface area (Å²) < 4.78 is 30.3. The molecule has 0 saturated heterocycles. The third-order valence-corrected chi connectivity index (χ3v) is 3.81. The molecule has 0 amide bonds. The number of nitrogens with zero attached hydrogens (tertiary/aromatic N) is 1. The largest absolute Gasteiger partial charge is 0.493 e. The van der Waals surface area contributed by atoms with Crippen LogP contribution in [0.3, 0.4) is 0 Å². The zero-order valence-electron chi connectivity index (χ0n) is 14.0. The Morgan fingerprint density at radius 2 is 2.04 bits per heavy atom. The van der Waals surface area contributed by atoms with Crippen LogP contribution in [0.15, 0.2) is 35.5 Å². The molecule has 0 aliphatic carbocycles. The van der Waals surface area contributed by atoms with Gasteiger partial charge in [-0.25, -0.2) is 4.39 Å². The molecule has 1 aliphatic heterocycles. The minimum absolute atomic E-state index is 0.352. The number of rotatable bonds is 9. The number of hydrogen-bond donors (Lipinski definition) is 0. The number of hydrogen-bond acceptors (Lipinski definition) is 4. The third-order valence-electron chi connectivity index (χ3n) is 3.81. The molecule has 0 N–H and O–H groups in total. The van der Waals surface area contributed by atoms with Crippen molar-refractivity contribution in [3.8, 4) is 11.5 Å². The molecule has 2 rings (SSSR count). The van der Waals surface area contributed by atoms with Crippen molar-refractivity contribution in [2.45, 2.75) is 38.7 Å². The predicted molar refractivity (Wildman–Crippen MR) is 88.9 cm³/mol. The van der Waals surface area contributed by atoms with E-state index in [1.54, 1.807) is 12.3 Å². The van der Waals surface area contributed by atoms with Crippen LogP contribution in [0.1, 0.15) is 33.1 Å². The van der Waals surface area contributed by atoms with Gasteiger partial charge >= 0.3 is 0 Å². The van der Waals surface area contributed by atoms with Gasteiger partial charge in [-0.3, -0.25) is 4.99 Å². The summed E-state index contributed by atoms with van der Waals surface area (Å²) in [5, 5.41) is 0. The minimum atomic E-state index is -0.509. The first kappa shape index (κ1) is 17.5. The highest BCUT2D eigenvalue weighted by Crippen LogP contribution is 2.31. The summed E-state index contributed by atoms with van der Waals surface area (Å²) in [4.78, 5) is 4.44. The predicted octanol–water partition coefficient (Wildman–Crippen LogP) is 4.15. The molecular weight excluding hydrogens is 297 g/mol. The van der Waals surface area contributed by atoms with E-state index in [0.29, 0.717) is 31.1 Å². The molecule has 1 aliphatic rings. The molecule has 1 aromatic carbocycles. The molecule has 1 atom stereocenters. The molecular formula is C18H24FNO3. The summed E-state index contributed by atoms with van der Waals surface area (Å²) in [6.45, 7) is 5.06. The fourth-order valence-corrected chi connectivity index (χ4v) is 2.73. The van der Waals surface area contributed by atoms with E-state index in [9.17, 15) is 4.39 Å². The molecule has 5 heteroatoms. The van der Waals surface area contributed by atoms with Gasteiger partial charge in [0.05, 0.1) is 19.4 Å². The molecule has 1 unspecified atom stereocenters. The number of methoxy groups -OCH3 is 1. The SMILES string of the molecule is CCCC1=NC=CC1(CCOc1cc(F)ccc1OC)OCC. The lowest BCUT2D eigenvalue weighted by Gasteiger charge is -2.29. The Bertz CT molecular complexity index is 586. The second kappa shape index (κ2) is 8.11. The molecule has 0 saturated carbocycles. The van der Waals surface area contributed by atoms with E-state index in [0.717, 1.165) is 18.6 Å². The average molecular weight is 321 g/mol. The summed E-state index contributed by atoms with van der Waals surface area (Å²) in [5.74, 6) is 0.561. The van der Waals surface area contributed by atoms with Gasteiger partial charge in [0.2, 0.25) is 0 Å². The topological polar surface area (TPSA) is 40.0 Å². The van der Waals surface area contributed by atoms with Crippen LogP contribution in [0.25, 0.3) is 0 Å². The van der Waals surface area contributed by atoms with E-state index in [2.05, 4.69) is 11.9 Å². The second-order valence-electron chi connectivity index (χ2n) is 5.36. The molecule has 0 radical (unpaired) electrons. The molecule has 1 aromatic rings. The first-order valence-corrected chi connectivity index (χ1v) is 8.00. The maximum Gasteiger partial charge on any atom is 0.164 e. The smallest absolute Gasteiger partial charge is 0.164 e. The van der Waals surface area contributed by atoms with Gasteiger partial charge in [-0.1, -0.05) is 13.3 Å². The van der Waals surface area contributed by atoms with Crippen molar-refractivity contribution in [3.63, 3.8) is 0 Å². The van der Waals surface area contributed by atoms with Crippen LogP contribution < -0.4 is 9.47 Å². The standard InChI is InChI=1S/C18H24FNO3/c1-4-6-17-18(23-5-2,9-11-20-17)10-12-22-16-13-14(19)7-8-15(16)21-3/h7-9,11,13H,4-6,10,12H2,1-3H3. The fraction of sp³-hybridized carbons (Fsp3) is 0.500. The first-order chi connectivity index (χ1) is 11.1. The maximum atomic E-state index is 13.4. The van der Waals surface area contributed by atoms with Crippen molar-refractivity contribution in [1.29, 1.82) is 0 Å². The van der Waals surface area contributed by atoms with Crippen LogP contribution in [0.5, 0.6) is 11.5 Å². The zero-order valence-corrected chi connectivity index (χ0v) is 14.0. The third kappa shape index (κ3) is 4.10. The Kier molecular flexibility index (Phi) is 6.16. The van der Waals surface area contributed by atoms with E-state index < -0.39 is 5.60 Å². The Labute approximate surface area is 137 Å². The van der Waals surface area contributed by atoms with Crippen molar-refractivity contribution >= 4 is 5.71 Å². The van der Waals surface area contributed by atoms with Gasteiger partial charge in [-0.2, -0.15) is 0 Å². The van der Waals surface area contributed by atoms with Crippen LogP contribution in [0.4, 0.5) is 4.39 Å². The highest BCUT2D eigenvalue weighted by Gasteiger charge is 2.36. The van der Waals surface area contributed by atoms with Crippen molar-refractivity contribution in [3.05, 3.63) is 36.3 Å². The van der Waals surface area contributed by atoms with Gasteiger partial charge in [-0.15, -0.1) is 0 Å². The first-order valence-electron chi connectivity index (χ1n) is 8.00. The van der Waals surface area contributed by atoms with Crippen LogP contribution >= 0.6 is 0 Å². The fourth-order valence-electron chi connectivity index (χ4n) is 2.73. The molecule has 4 nitrogen and oxygen atoms in total. The number of ether oxygens (including phenoxy) is 3. The van der Waals surface area contributed by atoms with E-state index in [1.807, 2.05) is 13.0 Å². The van der Waals surface area contributed by atoms with Crippen molar-refractivity contribution in [1.82, 2.24) is 0 Å². The Morgan fingerprint density at radius 1 is 1.22 bits per heavy atom. The molecule has 0 spiro atoms. The van der Waals surface area contributed by atoms with Gasteiger partial charge in [0, 0.05) is 25.3 Å². The minimum Gasteiger partial charge on any atom is -0.493 e. The summed E-state index contributed by atoms with van der Waals surface area (Å²) >= 11 is 0. The van der Waals surface area contributed by atoms with Crippen LogP contribution in [0, 0.1) is 5.82 Å². The normalized spacial score (nSPS) is 19.7. The molecule has 0 fully saturated rings. The van der Waals surface area contributed by atoms with Gasteiger partial charge in [0.15, 0.2) is 11.5 Å². The summed E-state index contributed by atoms with van der Waals surface area (Å²) in [7, 11) is 1.54. The Hall–Kier alpha value is -1.88. The Balaban J connectivity index is 2.04. The lowest BCUT2D eigenvalue weighted by Crippen LogP contribution is -2.39.